The number of hydrazine groups is 1. The SMILES string of the molecule is NNC(CC1CCCCC1)C1COCCO1. The van der Waals surface area contributed by atoms with Crippen LogP contribution in [0.1, 0.15) is 38.5 Å². The second kappa shape index (κ2) is 6.55. The molecule has 94 valence electrons. The Morgan fingerprint density at radius 1 is 1.19 bits per heavy atom. The van der Waals surface area contributed by atoms with Crippen LogP contribution in [0.2, 0.25) is 0 Å². The number of rotatable bonds is 4. The van der Waals surface area contributed by atoms with Crippen molar-refractivity contribution in [3.05, 3.63) is 0 Å². The molecule has 0 aromatic carbocycles. The molecular weight excluding hydrogens is 204 g/mol. The lowest BCUT2D eigenvalue weighted by molar-refractivity contribution is -0.104. The zero-order chi connectivity index (χ0) is 11.2. The Morgan fingerprint density at radius 2 is 2.00 bits per heavy atom. The summed E-state index contributed by atoms with van der Waals surface area (Å²) < 4.78 is 11.1. The summed E-state index contributed by atoms with van der Waals surface area (Å²) in [6.07, 6.45) is 8.14. The van der Waals surface area contributed by atoms with Crippen LogP contribution in [0.5, 0.6) is 0 Å². The summed E-state index contributed by atoms with van der Waals surface area (Å²) in [7, 11) is 0. The first kappa shape index (κ1) is 12.3. The molecule has 4 nitrogen and oxygen atoms in total. The third-order valence-corrected chi connectivity index (χ3v) is 3.82. The number of hydrogen-bond acceptors (Lipinski definition) is 4. The Balaban J connectivity index is 1.78. The monoisotopic (exact) mass is 228 g/mol. The van der Waals surface area contributed by atoms with E-state index in [1.807, 2.05) is 0 Å². The number of nitrogens with one attached hydrogen (secondary N) is 1. The van der Waals surface area contributed by atoms with E-state index >= 15 is 0 Å². The molecular formula is C12H24N2O2. The van der Waals surface area contributed by atoms with Crippen molar-refractivity contribution in [3.8, 4) is 0 Å². The quantitative estimate of drug-likeness (QED) is 0.561. The summed E-state index contributed by atoms with van der Waals surface area (Å²) >= 11 is 0. The second-order valence-corrected chi connectivity index (χ2v) is 5.00. The maximum absolute atomic E-state index is 5.71. The topological polar surface area (TPSA) is 56.5 Å². The summed E-state index contributed by atoms with van der Waals surface area (Å²) in [5.74, 6) is 6.45. The van der Waals surface area contributed by atoms with Crippen LogP contribution in [0, 0.1) is 5.92 Å². The molecule has 0 amide bonds. The summed E-state index contributed by atoms with van der Waals surface area (Å²) in [6.45, 7) is 2.10. The van der Waals surface area contributed by atoms with E-state index in [9.17, 15) is 0 Å². The van der Waals surface area contributed by atoms with Crippen molar-refractivity contribution < 1.29 is 9.47 Å². The van der Waals surface area contributed by atoms with Crippen molar-refractivity contribution in [2.45, 2.75) is 50.7 Å². The Labute approximate surface area is 97.8 Å². The van der Waals surface area contributed by atoms with E-state index in [4.69, 9.17) is 15.3 Å². The van der Waals surface area contributed by atoms with Crippen LogP contribution in [0.25, 0.3) is 0 Å². The van der Waals surface area contributed by atoms with E-state index in [1.54, 1.807) is 0 Å². The van der Waals surface area contributed by atoms with Crippen LogP contribution in [0.15, 0.2) is 0 Å². The van der Waals surface area contributed by atoms with E-state index in [2.05, 4.69) is 5.43 Å². The van der Waals surface area contributed by atoms with Gasteiger partial charge in [0.25, 0.3) is 0 Å². The minimum atomic E-state index is 0.140. The molecule has 1 aliphatic carbocycles. The van der Waals surface area contributed by atoms with Crippen LogP contribution in [0.4, 0.5) is 0 Å². The molecule has 2 unspecified atom stereocenters. The highest BCUT2D eigenvalue weighted by atomic mass is 16.6. The van der Waals surface area contributed by atoms with Gasteiger partial charge < -0.3 is 9.47 Å². The fraction of sp³-hybridized carbons (Fsp3) is 1.00. The molecule has 2 rings (SSSR count). The smallest absolute Gasteiger partial charge is 0.0975 e. The molecule has 2 atom stereocenters. The number of ether oxygens (including phenoxy) is 2. The van der Waals surface area contributed by atoms with Gasteiger partial charge >= 0.3 is 0 Å². The average Bonchev–Trinajstić information content (AvgIpc) is 2.38. The molecule has 2 aliphatic rings. The van der Waals surface area contributed by atoms with E-state index in [-0.39, 0.29) is 12.1 Å². The zero-order valence-electron chi connectivity index (χ0n) is 9.99. The van der Waals surface area contributed by atoms with Crippen molar-refractivity contribution in [2.75, 3.05) is 19.8 Å². The maximum Gasteiger partial charge on any atom is 0.0975 e. The Morgan fingerprint density at radius 3 is 2.62 bits per heavy atom. The van der Waals surface area contributed by atoms with Crippen LogP contribution in [0.3, 0.4) is 0 Å². The Hall–Kier alpha value is -0.160. The van der Waals surface area contributed by atoms with Gasteiger partial charge in [0.1, 0.15) is 0 Å². The fourth-order valence-corrected chi connectivity index (χ4v) is 2.85. The molecule has 1 heterocycles. The van der Waals surface area contributed by atoms with Gasteiger partial charge in [-0.05, 0) is 12.3 Å². The molecule has 2 fully saturated rings. The van der Waals surface area contributed by atoms with Crippen LogP contribution in [-0.4, -0.2) is 32.0 Å². The average molecular weight is 228 g/mol. The standard InChI is InChI=1S/C12H24N2O2/c13-14-11(12-9-15-6-7-16-12)8-10-4-2-1-3-5-10/h10-12,14H,1-9,13H2. The van der Waals surface area contributed by atoms with Crippen molar-refractivity contribution in [2.24, 2.45) is 11.8 Å². The van der Waals surface area contributed by atoms with E-state index in [0.717, 1.165) is 18.9 Å². The highest BCUT2D eigenvalue weighted by Crippen LogP contribution is 2.28. The van der Waals surface area contributed by atoms with Gasteiger partial charge in [0, 0.05) is 6.04 Å². The third kappa shape index (κ3) is 3.42. The lowest BCUT2D eigenvalue weighted by Gasteiger charge is -2.33. The molecule has 1 aliphatic heterocycles. The zero-order valence-corrected chi connectivity index (χ0v) is 9.99. The van der Waals surface area contributed by atoms with E-state index in [0.29, 0.717) is 13.2 Å². The fourth-order valence-electron chi connectivity index (χ4n) is 2.85. The van der Waals surface area contributed by atoms with Gasteiger partial charge in [-0.25, -0.2) is 0 Å². The first-order chi connectivity index (χ1) is 7.90. The molecule has 1 saturated heterocycles. The highest BCUT2D eigenvalue weighted by molar-refractivity contribution is 4.81. The normalized spacial score (nSPS) is 30.2. The van der Waals surface area contributed by atoms with Crippen LogP contribution >= 0.6 is 0 Å². The van der Waals surface area contributed by atoms with Gasteiger partial charge in [-0.15, -0.1) is 0 Å². The van der Waals surface area contributed by atoms with Crippen molar-refractivity contribution in [3.63, 3.8) is 0 Å². The molecule has 3 N–H and O–H groups in total. The minimum absolute atomic E-state index is 0.140. The van der Waals surface area contributed by atoms with Gasteiger partial charge in [-0.3, -0.25) is 11.3 Å². The molecule has 0 spiro atoms. The first-order valence-corrected chi connectivity index (χ1v) is 6.55. The predicted molar refractivity (Wildman–Crippen MR) is 62.9 cm³/mol. The molecule has 0 bridgehead atoms. The van der Waals surface area contributed by atoms with Crippen LogP contribution in [-0.2, 0) is 9.47 Å². The van der Waals surface area contributed by atoms with Gasteiger partial charge in [0.05, 0.1) is 25.9 Å². The summed E-state index contributed by atoms with van der Waals surface area (Å²) in [4.78, 5) is 0. The largest absolute Gasteiger partial charge is 0.376 e. The molecule has 16 heavy (non-hydrogen) atoms. The van der Waals surface area contributed by atoms with E-state index in [1.165, 1.54) is 32.1 Å². The van der Waals surface area contributed by atoms with Gasteiger partial charge in [0.15, 0.2) is 0 Å². The molecule has 0 radical (unpaired) electrons. The molecule has 4 heteroatoms. The third-order valence-electron chi connectivity index (χ3n) is 3.82. The second-order valence-electron chi connectivity index (χ2n) is 5.00. The van der Waals surface area contributed by atoms with Crippen LogP contribution < -0.4 is 11.3 Å². The first-order valence-electron chi connectivity index (χ1n) is 6.55. The predicted octanol–water partition coefficient (Wildman–Crippen LogP) is 1.20. The summed E-state index contributed by atoms with van der Waals surface area (Å²) in [5, 5.41) is 0. The molecule has 0 aromatic heterocycles. The van der Waals surface area contributed by atoms with Gasteiger partial charge in [-0.2, -0.15) is 0 Å². The van der Waals surface area contributed by atoms with Gasteiger partial charge in [0.2, 0.25) is 0 Å². The van der Waals surface area contributed by atoms with Crippen molar-refractivity contribution in [1.82, 2.24) is 5.43 Å². The lowest BCUT2D eigenvalue weighted by Crippen LogP contribution is -2.50. The number of nitrogens with two attached hydrogens (primary N) is 1. The van der Waals surface area contributed by atoms with Crippen molar-refractivity contribution >= 4 is 0 Å². The van der Waals surface area contributed by atoms with Gasteiger partial charge in [-0.1, -0.05) is 32.1 Å². The summed E-state index contributed by atoms with van der Waals surface area (Å²) in [6, 6.07) is 0.253. The Bertz CT molecular complexity index is 189. The minimum Gasteiger partial charge on any atom is -0.376 e. The highest BCUT2D eigenvalue weighted by Gasteiger charge is 2.27. The van der Waals surface area contributed by atoms with Crippen molar-refractivity contribution in [1.29, 1.82) is 0 Å². The maximum atomic E-state index is 5.71. The molecule has 1 saturated carbocycles. The lowest BCUT2D eigenvalue weighted by atomic mass is 9.84. The Kier molecular flexibility index (Phi) is 5.03. The van der Waals surface area contributed by atoms with E-state index < -0.39 is 0 Å². The number of hydrogen-bond donors (Lipinski definition) is 2. The summed E-state index contributed by atoms with van der Waals surface area (Å²) in [5.41, 5.74) is 2.91. The molecule has 0 aromatic rings.